The number of hydrogen-bond donors (Lipinski definition) is 0. The van der Waals surface area contributed by atoms with Crippen LogP contribution in [0.3, 0.4) is 0 Å². The first-order valence-electron chi connectivity index (χ1n) is 8.46. The standard InChI is InChI=1S/C20H18BrNO3S2/c1-25-19-9-7-16(13-18(19)21)20-22(10-11-26-20)27(23,24)17-8-6-14-4-2-3-5-15(14)12-17/h2-9,12-13,20H,10-11H2,1H3. The Balaban J connectivity index is 1.72. The Kier molecular flexibility index (Phi) is 5.20. The molecule has 1 unspecified atom stereocenters. The number of methoxy groups -OCH3 is 1. The summed E-state index contributed by atoms with van der Waals surface area (Å²) < 4.78 is 34.4. The number of rotatable bonds is 4. The molecule has 27 heavy (non-hydrogen) atoms. The molecule has 0 amide bonds. The van der Waals surface area contributed by atoms with Crippen LogP contribution in [0, 0.1) is 0 Å². The van der Waals surface area contributed by atoms with Crippen LogP contribution in [0.4, 0.5) is 0 Å². The zero-order chi connectivity index (χ0) is 19.0. The first-order chi connectivity index (χ1) is 13.0. The van der Waals surface area contributed by atoms with E-state index in [1.807, 2.05) is 48.5 Å². The molecule has 0 spiro atoms. The van der Waals surface area contributed by atoms with E-state index in [2.05, 4.69) is 15.9 Å². The molecule has 0 radical (unpaired) electrons. The van der Waals surface area contributed by atoms with Crippen LogP contribution in [0.15, 0.2) is 70.0 Å². The first-order valence-corrected chi connectivity index (χ1v) is 11.7. The van der Waals surface area contributed by atoms with Gasteiger partial charge in [0.25, 0.3) is 0 Å². The van der Waals surface area contributed by atoms with Gasteiger partial charge in [-0.1, -0.05) is 36.4 Å². The molecule has 3 aromatic carbocycles. The maximum atomic E-state index is 13.3. The van der Waals surface area contributed by atoms with Crippen molar-refractivity contribution >= 4 is 48.5 Å². The van der Waals surface area contributed by atoms with E-state index in [4.69, 9.17) is 4.74 Å². The van der Waals surface area contributed by atoms with Gasteiger partial charge in [-0.25, -0.2) is 8.42 Å². The molecule has 1 saturated heterocycles. The minimum absolute atomic E-state index is 0.247. The molecule has 7 heteroatoms. The minimum atomic E-state index is -3.59. The van der Waals surface area contributed by atoms with Gasteiger partial charge in [-0.15, -0.1) is 11.8 Å². The van der Waals surface area contributed by atoms with Crippen LogP contribution in [0.1, 0.15) is 10.9 Å². The number of fused-ring (bicyclic) bond motifs is 1. The van der Waals surface area contributed by atoms with Crippen LogP contribution in [0.5, 0.6) is 5.75 Å². The predicted molar refractivity (Wildman–Crippen MR) is 114 cm³/mol. The lowest BCUT2D eigenvalue weighted by atomic mass is 10.1. The number of ether oxygens (including phenoxy) is 1. The van der Waals surface area contributed by atoms with Gasteiger partial charge in [0.15, 0.2) is 0 Å². The predicted octanol–water partition coefficient (Wildman–Crippen LogP) is 5.05. The molecule has 0 bridgehead atoms. The highest BCUT2D eigenvalue weighted by molar-refractivity contribution is 9.10. The summed E-state index contributed by atoms with van der Waals surface area (Å²) in [7, 11) is -1.98. The zero-order valence-electron chi connectivity index (χ0n) is 14.6. The molecule has 4 nitrogen and oxygen atoms in total. The van der Waals surface area contributed by atoms with Gasteiger partial charge in [0.2, 0.25) is 10.0 Å². The van der Waals surface area contributed by atoms with Crippen LogP contribution >= 0.6 is 27.7 Å². The van der Waals surface area contributed by atoms with Crippen LogP contribution in [-0.4, -0.2) is 32.1 Å². The molecule has 1 aliphatic heterocycles. The Morgan fingerprint density at radius 1 is 1.07 bits per heavy atom. The number of hydrogen-bond acceptors (Lipinski definition) is 4. The number of halogens is 1. The van der Waals surface area contributed by atoms with Gasteiger partial charge in [0.05, 0.1) is 21.9 Å². The summed E-state index contributed by atoms with van der Waals surface area (Å²) in [5.74, 6) is 1.49. The molecular weight excluding hydrogens is 446 g/mol. The van der Waals surface area contributed by atoms with E-state index in [1.165, 1.54) is 0 Å². The van der Waals surface area contributed by atoms with Crippen LogP contribution < -0.4 is 4.74 Å². The quantitative estimate of drug-likeness (QED) is 0.543. The first kappa shape index (κ1) is 18.8. The molecule has 0 N–H and O–H groups in total. The Bertz CT molecular complexity index is 1100. The lowest BCUT2D eigenvalue weighted by Gasteiger charge is -2.24. The van der Waals surface area contributed by atoms with Gasteiger partial charge in [-0.2, -0.15) is 4.31 Å². The Morgan fingerprint density at radius 2 is 1.85 bits per heavy atom. The second-order valence-electron chi connectivity index (χ2n) is 6.24. The summed E-state index contributed by atoms with van der Waals surface area (Å²) in [5.41, 5.74) is 0.939. The Labute approximate surface area is 171 Å². The summed E-state index contributed by atoms with van der Waals surface area (Å²) in [6.07, 6.45) is 0. The lowest BCUT2D eigenvalue weighted by Crippen LogP contribution is -2.30. The minimum Gasteiger partial charge on any atom is -0.496 e. The van der Waals surface area contributed by atoms with Gasteiger partial charge in [-0.3, -0.25) is 0 Å². The zero-order valence-corrected chi connectivity index (χ0v) is 17.9. The summed E-state index contributed by atoms with van der Waals surface area (Å²) in [6.45, 7) is 0.494. The van der Waals surface area contributed by atoms with E-state index in [9.17, 15) is 8.42 Å². The smallest absolute Gasteiger partial charge is 0.244 e. The SMILES string of the molecule is COc1ccc(C2SCCN2S(=O)(=O)c2ccc3ccccc3c2)cc1Br. The van der Waals surface area contributed by atoms with E-state index in [-0.39, 0.29) is 5.37 Å². The van der Waals surface area contributed by atoms with E-state index in [0.717, 1.165) is 32.3 Å². The highest BCUT2D eigenvalue weighted by Gasteiger charge is 2.37. The molecule has 4 rings (SSSR count). The highest BCUT2D eigenvalue weighted by atomic mass is 79.9. The van der Waals surface area contributed by atoms with E-state index < -0.39 is 10.0 Å². The van der Waals surface area contributed by atoms with Crippen LogP contribution in [0.2, 0.25) is 0 Å². The number of nitrogens with zero attached hydrogens (tertiary/aromatic N) is 1. The third kappa shape index (κ3) is 3.49. The second-order valence-corrected chi connectivity index (χ2v) is 10.2. The normalized spacial score (nSPS) is 18.1. The molecule has 1 fully saturated rings. The Morgan fingerprint density at radius 3 is 2.59 bits per heavy atom. The summed E-state index contributed by atoms with van der Waals surface area (Å²) in [6, 6.07) is 18.8. The number of benzene rings is 3. The summed E-state index contributed by atoms with van der Waals surface area (Å²) >= 11 is 5.13. The van der Waals surface area contributed by atoms with Crippen molar-refractivity contribution < 1.29 is 13.2 Å². The van der Waals surface area contributed by atoms with Gasteiger partial charge in [0.1, 0.15) is 5.75 Å². The third-order valence-electron chi connectivity index (χ3n) is 4.64. The second kappa shape index (κ2) is 7.47. The van der Waals surface area contributed by atoms with Crippen molar-refractivity contribution in [1.82, 2.24) is 4.31 Å². The number of thioether (sulfide) groups is 1. The molecule has 0 aromatic heterocycles. The van der Waals surface area contributed by atoms with Crippen LogP contribution in [-0.2, 0) is 10.0 Å². The van der Waals surface area contributed by atoms with Crippen LogP contribution in [0.25, 0.3) is 10.8 Å². The fourth-order valence-corrected chi connectivity index (χ4v) is 7.09. The molecule has 1 heterocycles. The fourth-order valence-electron chi connectivity index (χ4n) is 3.26. The van der Waals surface area contributed by atoms with Gasteiger partial charge in [-0.05, 0) is 56.5 Å². The highest BCUT2D eigenvalue weighted by Crippen LogP contribution is 2.43. The van der Waals surface area contributed by atoms with Crippen molar-refractivity contribution in [1.29, 1.82) is 0 Å². The van der Waals surface area contributed by atoms with Gasteiger partial charge in [0, 0.05) is 12.3 Å². The van der Waals surface area contributed by atoms with Crippen molar-refractivity contribution in [3.8, 4) is 5.75 Å². The molecule has 1 atom stereocenters. The molecule has 3 aromatic rings. The molecule has 1 aliphatic rings. The molecule has 0 aliphatic carbocycles. The van der Waals surface area contributed by atoms with E-state index >= 15 is 0 Å². The largest absolute Gasteiger partial charge is 0.496 e. The fraction of sp³-hybridized carbons (Fsp3) is 0.200. The van der Waals surface area contributed by atoms with Crippen molar-refractivity contribution in [3.63, 3.8) is 0 Å². The van der Waals surface area contributed by atoms with Crippen molar-refractivity contribution in [2.24, 2.45) is 0 Å². The summed E-state index contributed by atoms with van der Waals surface area (Å²) in [4.78, 5) is 0.335. The molecular formula is C20H18BrNO3S2. The van der Waals surface area contributed by atoms with E-state index in [0.29, 0.717) is 11.4 Å². The number of sulfonamides is 1. The molecule has 0 saturated carbocycles. The average molecular weight is 464 g/mol. The van der Waals surface area contributed by atoms with Crippen molar-refractivity contribution in [2.75, 3.05) is 19.4 Å². The average Bonchev–Trinajstić information content (AvgIpc) is 3.18. The topological polar surface area (TPSA) is 46.6 Å². The van der Waals surface area contributed by atoms with Gasteiger partial charge >= 0.3 is 0 Å². The Hall–Kier alpha value is -1.54. The maximum Gasteiger partial charge on any atom is 0.244 e. The molecule has 140 valence electrons. The van der Waals surface area contributed by atoms with Gasteiger partial charge < -0.3 is 4.74 Å². The monoisotopic (exact) mass is 463 g/mol. The van der Waals surface area contributed by atoms with Crippen molar-refractivity contribution in [3.05, 3.63) is 70.7 Å². The maximum absolute atomic E-state index is 13.3. The van der Waals surface area contributed by atoms with Crippen molar-refractivity contribution in [2.45, 2.75) is 10.3 Å². The lowest BCUT2D eigenvalue weighted by molar-refractivity contribution is 0.410. The third-order valence-corrected chi connectivity index (χ3v) is 8.51. The van der Waals surface area contributed by atoms with E-state index in [1.54, 1.807) is 35.3 Å². The summed E-state index contributed by atoms with van der Waals surface area (Å²) in [5, 5.41) is 1.71.